The lowest BCUT2D eigenvalue weighted by atomic mass is 10.1. The zero-order chi connectivity index (χ0) is 11.4. The van der Waals surface area contributed by atoms with Gasteiger partial charge in [0.2, 0.25) is 0 Å². The van der Waals surface area contributed by atoms with Crippen molar-refractivity contribution in [3.05, 3.63) is 63.9 Å². The van der Waals surface area contributed by atoms with E-state index in [0.717, 1.165) is 11.1 Å². The molecule has 0 aliphatic rings. The van der Waals surface area contributed by atoms with Crippen LogP contribution in [0.5, 0.6) is 0 Å². The van der Waals surface area contributed by atoms with E-state index in [1.54, 1.807) is 6.08 Å². The zero-order valence-corrected chi connectivity index (χ0v) is 9.83. The standard InChI is InChI=1S/C14H12OS/c1-11-2-4-12(5-3-11)6-7-14(15)13-8-9-16-10-13/h2-10H,1H3/b7-6+. The topological polar surface area (TPSA) is 17.1 Å². The van der Waals surface area contributed by atoms with Crippen LogP contribution >= 0.6 is 11.3 Å². The molecule has 2 aromatic rings. The van der Waals surface area contributed by atoms with Crippen LogP contribution < -0.4 is 0 Å². The van der Waals surface area contributed by atoms with E-state index in [2.05, 4.69) is 0 Å². The molecule has 0 unspecified atom stereocenters. The van der Waals surface area contributed by atoms with E-state index >= 15 is 0 Å². The van der Waals surface area contributed by atoms with Crippen LogP contribution in [0, 0.1) is 6.92 Å². The Morgan fingerprint density at radius 2 is 1.94 bits per heavy atom. The Hall–Kier alpha value is -1.67. The van der Waals surface area contributed by atoms with Crippen LogP contribution in [-0.2, 0) is 0 Å². The molecule has 1 aromatic heterocycles. The highest BCUT2D eigenvalue weighted by Gasteiger charge is 2.00. The van der Waals surface area contributed by atoms with Crippen LogP contribution in [0.2, 0.25) is 0 Å². The van der Waals surface area contributed by atoms with E-state index in [9.17, 15) is 4.79 Å². The number of carbonyl (C=O) groups excluding carboxylic acids is 1. The first-order chi connectivity index (χ1) is 7.75. The van der Waals surface area contributed by atoms with E-state index in [1.807, 2.05) is 54.1 Å². The summed E-state index contributed by atoms with van der Waals surface area (Å²) in [6, 6.07) is 9.93. The highest BCUT2D eigenvalue weighted by Crippen LogP contribution is 2.09. The van der Waals surface area contributed by atoms with Gasteiger partial charge in [0, 0.05) is 10.9 Å². The van der Waals surface area contributed by atoms with Crippen LogP contribution in [0.1, 0.15) is 21.5 Å². The summed E-state index contributed by atoms with van der Waals surface area (Å²) in [7, 11) is 0. The highest BCUT2D eigenvalue weighted by molar-refractivity contribution is 7.08. The van der Waals surface area contributed by atoms with Gasteiger partial charge in [0.15, 0.2) is 5.78 Å². The zero-order valence-electron chi connectivity index (χ0n) is 9.01. The number of rotatable bonds is 3. The second kappa shape index (κ2) is 4.90. The molecule has 1 nitrogen and oxygen atoms in total. The third-order valence-electron chi connectivity index (χ3n) is 2.31. The van der Waals surface area contributed by atoms with Gasteiger partial charge in [0.1, 0.15) is 0 Å². The van der Waals surface area contributed by atoms with Crippen molar-refractivity contribution in [3.63, 3.8) is 0 Å². The molecule has 0 spiro atoms. The number of allylic oxidation sites excluding steroid dienone is 1. The van der Waals surface area contributed by atoms with Gasteiger partial charge >= 0.3 is 0 Å². The number of ketones is 1. The Kier molecular flexibility index (Phi) is 3.32. The van der Waals surface area contributed by atoms with Crippen LogP contribution in [0.4, 0.5) is 0 Å². The molecule has 1 aromatic carbocycles. The average Bonchev–Trinajstić information content (AvgIpc) is 2.81. The molecule has 80 valence electrons. The molecule has 0 aliphatic heterocycles. The van der Waals surface area contributed by atoms with Gasteiger partial charge in [-0.15, -0.1) is 0 Å². The van der Waals surface area contributed by atoms with Crippen molar-refractivity contribution in [3.8, 4) is 0 Å². The fourth-order valence-corrected chi connectivity index (χ4v) is 2.00. The molecule has 1 heterocycles. The van der Waals surface area contributed by atoms with Gasteiger partial charge in [-0.3, -0.25) is 4.79 Å². The third kappa shape index (κ3) is 2.67. The largest absolute Gasteiger partial charge is 0.289 e. The SMILES string of the molecule is Cc1ccc(/C=C/C(=O)c2ccsc2)cc1. The normalized spacial score (nSPS) is 10.8. The van der Waals surface area contributed by atoms with Crippen LogP contribution in [0.25, 0.3) is 6.08 Å². The monoisotopic (exact) mass is 228 g/mol. The van der Waals surface area contributed by atoms with Crippen molar-refractivity contribution in [1.29, 1.82) is 0 Å². The molecule has 0 saturated heterocycles. The molecule has 2 rings (SSSR count). The molecule has 0 bridgehead atoms. The number of hydrogen-bond donors (Lipinski definition) is 0. The first-order valence-electron chi connectivity index (χ1n) is 5.07. The number of carbonyl (C=O) groups is 1. The summed E-state index contributed by atoms with van der Waals surface area (Å²) in [6.45, 7) is 2.05. The predicted octanol–water partition coefficient (Wildman–Crippen LogP) is 3.95. The summed E-state index contributed by atoms with van der Waals surface area (Å²) in [4.78, 5) is 11.7. The summed E-state index contributed by atoms with van der Waals surface area (Å²) in [5, 5.41) is 3.77. The van der Waals surface area contributed by atoms with Gasteiger partial charge in [-0.05, 0) is 30.0 Å². The number of hydrogen-bond acceptors (Lipinski definition) is 2. The molecule has 0 saturated carbocycles. The quantitative estimate of drug-likeness (QED) is 0.574. The summed E-state index contributed by atoms with van der Waals surface area (Å²) in [5.74, 6) is 0.0572. The maximum Gasteiger partial charge on any atom is 0.186 e. The van der Waals surface area contributed by atoms with Gasteiger partial charge < -0.3 is 0 Å². The lowest BCUT2D eigenvalue weighted by Gasteiger charge is -1.94. The van der Waals surface area contributed by atoms with Crippen LogP contribution in [0.3, 0.4) is 0 Å². The molecule has 16 heavy (non-hydrogen) atoms. The Morgan fingerprint density at radius 3 is 2.56 bits per heavy atom. The summed E-state index contributed by atoms with van der Waals surface area (Å²) in [6.07, 6.45) is 3.46. The Morgan fingerprint density at radius 1 is 1.19 bits per heavy atom. The van der Waals surface area contributed by atoms with Crippen molar-refractivity contribution in [2.24, 2.45) is 0 Å². The predicted molar refractivity (Wildman–Crippen MR) is 68.9 cm³/mol. The second-order valence-electron chi connectivity index (χ2n) is 3.62. The first kappa shape index (κ1) is 10.8. The van der Waals surface area contributed by atoms with E-state index in [1.165, 1.54) is 16.9 Å². The van der Waals surface area contributed by atoms with Gasteiger partial charge in [-0.1, -0.05) is 35.9 Å². The van der Waals surface area contributed by atoms with Crippen molar-refractivity contribution < 1.29 is 4.79 Å². The van der Waals surface area contributed by atoms with Crippen molar-refractivity contribution in [2.75, 3.05) is 0 Å². The maximum absolute atomic E-state index is 11.7. The molecule has 2 heteroatoms. The lowest BCUT2D eigenvalue weighted by molar-refractivity contribution is 0.104. The molecular formula is C14H12OS. The molecule has 0 aliphatic carbocycles. The number of thiophene rings is 1. The highest BCUT2D eigenvalue weighted by atomic mass is 32.1. The van der Waals surface area contributed by atoms with Crippen LogP contribution in [0.15, 0.2) is 47.2 Å². The summed E-state index contributed by atoms with van der Waals surface area (Å²) < 4.78 is 0. The van der Waals surface area contributed by atoms with Gasteiger partial charge in [-0.2, -0.15) is 11.3 Å². The molecule has 0 N–H and O–H groups in total. The molecular weight excluding hydrogens is 216 g/mol. The number of benzene rings is 1. The minimum absolute atomic E-state index is 0.0572. The van der Waals surface area contributed by atoms with Crippen molar-refractivity contribution in [1.82, 2.24) is 0 Å². The van der Waals surface area contributed by atoms with Gasteiger partial charge in [0.25, 0.3) is 0 Å². The fraction of sp³-hybridized carbons (Fsp3) is 0.0714. The number of aryl methyl sites for hydroxylation is 1. The third-order valence-corrected chi connectivity index (χ3v) is 2.99. The minimum Gasteiger partial charge on any atom is -0.289 e. The summed E-state index contributed by atoms with van der Waals surface area (Å²) in [5.41, 5.74) is 3.03. The molecule has 0 atom stereocenters. The average molecular weight is 228 g/mol. The van der Waals surface area contributed by atoms with E-state index in [0.29, 0.717) is 0 Å². The van der Waals surface area contributed by atoms with E-state index in [-0.39, 0.29) is 5.78 Å². The lowest BCUT2D eigenvalue weighted by Crippen LogP contribution is -1.89. The Balaban J connectivity index is 2.10. The first-order valence-corrected chi connectivity index (χ1v) is 6.01. The second-order valence-corrected chi connectivity index (χ2v) is 4.40. The van der Waals surface area contributed by atoms with Crippen molar-refractivity contribution in [2.45, 2.75) is 6.92 Å². The maximum atomic E-state index is 11.7. The van der Waals surface area contributed by atoms with Gasteiger partial charge in [-0.25, -0.2) is 0 Å². The van der Waals surface area contributed by atoms with Crippen LogP contribution in [-0.4, -0.2) is 5.78 Å². The molecule has 0 fully saturated rings. The Bertz CT molecular complexity index is 492. The summed E-state index contributed by atoms with van der Waals surface area (Å²) >= 11 is 1.54. The minimum atomic E-state index is 0.0572. The molecule has 0 radical (unpaired) electrons. The molecule has 0 amide bonds. The fourth-order valence-electron chi connectivity index (χ4n) is 1.35. The smallest absolute Gasteiger partial charge is 0.186 e. The van der Waals surface area contributed by atoms with Gasteiger partial charge in [0.05, 0.1) is 0 Å². The van der Waals surface area contributed by atoms with E-state index < -0.39 is 0 Å². The Labute approximate surface area is 99.1 Å². The van der Waals surface area contributed by atoms with E-state index in [4.69, 9.17) is 0 Å². The van der Waals surface area contributed by atoms with Crippen molar-refractivity contribution >= 4 is 23.2 Å².